The fourth-order valence-electron chi connectivity index (χ4n) is 6.13. The summed E-state index contributed by atoms with van der Waals surface area (Å²) in [4.78, 5) is 9.85. The summed E-state index contributed by atoms with van der Waals surface area (Å²) in [6.45, 7) is 8.68. The van der Waals surface area contributed by atoms with Crippen LogP contribution in [0, 0.1) is 36.5 Å². The lowest BCUT2D eigenvalue weighted by Gasteiger charge is -2.27. The van der Waals surface area contributed by atoms with Crippen LogP contribution in [0.5, 0.6) is 0 Å². The molecule has 0 atom stereocenters. The van der Waals surface area contributed by atoms with E-state index in [9.17, 15) is 10.5 Å². The zero-order valence-electron chi connectivity index (χ0n) is 27.2. The molecule has 5 aromatic rings. The molecule has 0 radical (unpaired) electrons. The molecule has 1 aliphatic carbocycles. The van der Waals surface area contributed by atoms with Gasteiger partial charge < -0.3 is 4.74 Å². The molecule has 7 rings (SSSR count). The van der Waals surface area contributed by atoms with Crippen molar-refractivity contribution in [2.75, 3.05) is 4.90 Å². The third kappa shape index (κ3) is 5.64. The molecule has 6 heteroatoms. The maximum absolute atomic E-state index is 9.55. The minimum Gasteiger partial charge on any atom is -0.457 e. The van der Waals surface area contributed by atoms with Crippen molar-refractivity contribution in [3.8, 4) is 22.6 Å². The monoisotopic (exact) mass is 640 g/mol. The van der Waals surface area contributed by atoms with Crippen molar-refractivity contribution in [1.29, 1.82) is 10.5 Å². The second kappa shape index (κ2) is 12.3. The third-order valence-corrected chi connectivity index (χ3v) is 9.88. The molecule has 0 spiro atoms. The minimum atomic E-state index is -0.302. The third-order valence-electron chi connectivity index (χ3n) is 8.75. The number of hydrogen-bond acceptors (Lipinski definition) is 6. The van der Waals surface area contributed by atoms with Gasteiger partial charge in [-0.2, -0.15) is 10.5 Å². The van der Waals surface area contributed by atoms with Crippen LogP contribution in [-0.2, 0) is 10.2 Å². The molecule has 5 nitrogen and oxygen atoms in total. The van der Waals surface area contributed by atoms with Crippen LogP contribution in [-0.4, -0.2) is 4.98 Å². The lowest BCUT2D eigenvalue weighted by Crippen LogP contribution is -2.19. The van der Waals surface area contributed by atoms with E-state index in [0.717, 1.165) is 38.9 Å². The summed E-state index contributed by atoms with van der Waals surface area (Å²) >= 11 is 1.72. The summed E-state index contributed by atoms with van der Waals surface area (Å²) in [5.41, 5.74) is 9.14. The molecule has 0 fully saturated rings. The van der Waals surface area contributed by atoms with E-state index in [1.54, 1.807) is 23.5 Å². The Morgan fingerprint density at radius 3 is 2.08 bits per heavy atom. The minimum absolute atomic E-state index is 0.0429. The van der Waals surface area contributed by atoms with Gasteiger partial charge in [0.2, 0.25) is 0 Å². The van der Waals surface area contributed by atoms with E-state index in [4.69, 9.17) is 9.72 Å². The van der Waals surface area contributed by atoms with Crippen molar-refractivity contribution >= 4 is 40.4 Å². The van der Waals surface area contributed by atoms with Crippen LogP contribution >= 0.6 is 11.3 Å². The smallest absolute Gasteiger partial charge is 0.137 e. The number of ether oxygens (including phenoxy) is 1. The summed E-state index contributed by atoms with van der Waals surface area (Å²) in [7, 11) is 0. The van der Waals surface area contributed by atoms with Gasteiger partial charge in [0.15, 0.2) is 0 Å². The molecule has 2 aromatic heterocycles. The molecule has 3 aromatic carbocycles. The SMILES string of the molecule is Cc1ccc(N(c2ccc(C)cc2)c2ccc3c(n2)C(C)(C)c2cc(/C=C/C4=CC(=C(C#N)C#N)C=C(c5ccccc5)O4)sc2-3)cc1. The standard InChI is InChI=1S/C42H32N4OS/c1-27-10-14-32(15-11-27)46(33-16-12-28(2)13-17-33)39-21-20-36-40-37(42(3,4)41(36)45-39)24-35(48-40)19-18-34-22-30(31(25-43)26-44)23-38(47-34)29-8-6-5-7-9-29/h5-24H,1-4H3/b19-18+. The quantitative estimate of drug-likeness (QED) is 0.173. The highest BCUT2D eigenvalue weighted by Crippen LogP contribution is 2.52. The lowest BCUT2D eigenvalue weighted by atomic mass is 9.86. The van der Waals surface area contributed by atoms with Crippen LogP contribution in [0.25, 0.3) is 22.3 Å². The number of aryl methyl sites for hydroxylation is 2. The Labute approximate surface area is 285 Å². The molecular weight excluding hydrogens is 609 g/mol. The predicted molar refractivity (Wildman–Crippen MR) is 195 cm³/mol. The topological polar surface area (TPSA) is 72.9 Å². The Morgan fingerprint density at radius 2 is 1.46 bits per heavy atom. The first-order valence-electron chi connectivity index (χ1n) is 15.7. The Bertz CT molecular complexity index is 2190. The van der Waals surface area contributed by atoms with Crippen LogP contribution < -0.4 is 4.90 Å². The van der Waals surface area contributed by atoms with Crippen molar-refractivity contribution in [2.24, 2.45) is 0 Å². The Kier molecular flexibility index (Phi) is 7.89. The van der Waals surface area contributed by atoms with Gasteiger partial charge >= 0.3 is 0 Å². The zero-order chi connectivity index (χ0) is 33.4. The van der Waals surface area contributed by atoms with E-state index in [1.807, 2.05) is 54.6 Å². The molecule has 0 amide bonds. The van der Waals surface area contributed by atoms with E-state index in [2.05, 4.69) is 99.3 Å². The number of hydrogen-bond donors (Lipinski definition) is 0. The van der Waals surface area contributed by atoms with Gasteiger partial charge in [0.25, 0.3) is 0 Å². The van der Waals surface area contributed by atoms with Gasteiger partial charge in [0, 0.05) is 43.2 Å². The van der Waals surface area contributed by atoms with E-state index >= 15 is 0 Å². The average molecular weight is 641 g/mol. The second-order valence-electron chi connectivity index (χ2n) is 12.5. The highest BCUT2D eigenvalue weighted by Gasteiger charge is 2.39. The maximum Gasteiger partial charge on any atom is 0.137 e. The average Bonchev–Trinajstić information content (AvgIpc) is 3.63. The number of nitrogens with zero attached hydrogens (tertiary/aromatic N) is 4. The van der Waals surface area contributed by atoms with Gasteiger partial charge in [-0.1, -0.05) is 79.6 Å². The summed E-state index contributed by atoms with van der Waals surface area (Å²) < 4.78 is 6.23. The summed E-state index contributed by atoms with van der Waals surface area (Å²) in [5.74, 6) is 2.03. The van der Waals surface area contributed by atoms with Crippen LogP contribution in [0.1, 0.15) is 46.7 Å². The van der Waals surface area contributed by atoms with Crippen molar-refractivity contribution in [3.63, 3.8) is 0 Å². The highest BCUT2D eigenvalue weighted by molar-refractivity contribution is 7.16. The fourth-order valence-corrected chi connectivity index (χ4v) is 7.38. The molecule has 3 heterocycles. The van der Waals surface area contributed by atoms with Crippen molar-refractivity contribution in [1.82, 2.24) is 4.98 Å². The molecule has 232 valence electrons. The van der Waals surface area contributed by atoms with E-state index in [1.165, 1.54) is 21.6 Å². The van der Waals surface area contributed by atoms with Gasteiger partial charge in [-0.25, -0.2) is 4.98 Å². The van der Waals surface area contributed by atoms with Gasteiger partial charge in [-0.3, -0.25) is 4.90 Å². The summed E-state index contributed by atoms with van der Waals surface area (Å²) in [6, 6.07) is 37.4. The molecule has 0 saturated heterocycles. The Hall–Kier alpha value is -5.95. The molecule has 48 heavy (non-hydrogen) atoms. The van der Waals surface area contributed by atoms with Crippen LogP contribution in [0.3, 0.4) is 0 Å². The van der Waals surface area contributed by atoms with Crippen molar-refractivity contribution in [2.45, 2.75) is 33.1 Å². The van der Waals surface area contributed by atoms with Crippen molar-refractivity contribution in [3.05, 3.63) is 165 Å². The molecule has 0 saturated carbocycles. The molecular formula is C42H32N4OS. The number of allylic oxidation sites excluding steroid dienone is 5. The van der Waals surface area contributed by atoms with Crippen LogP contribution in [0.4, 0.5) is 17.2 Å². The van der Waals surface area contributed by atoms with Gasteiger partial charge in [-0.05, 0) is 86.2 Å². The first-order chi connectivity index (χ1) is 23.2. The van der Waals surface area contributed by atoms with Gasteiger partial charge in [-0.15, -0.1) is 11.3 Å². The van der Waals surface area contributed by atoms with Crippen LogP contribution in [0.2, 0.25) is 0 Å². The summed E-state index contributed by atoms with van der Waals surface area (Å²) in [5, 5.41) is 19.1. The first-order valence-corrected chi connectivity index (χ1v) is 16.6. The van der Waals surface area contributed by atoms with E-state index < -0.39 is 0 Å². The Balaban J connectivity index is 1.22. The van der Waals surface area contributed by atoms with Crippen molar-refractivity contribution < 1.29 is 4.74 Å². The first kappa shape index (κ1) is 30.7. The van der Waals surface area contributed by atoms with E-state index in [0.29, 0.717) is 17.1 Å². The number of thiophene rings is 1. The number of nitriles is 2. The normalized spacial score (nSPS) is 14.2. The molecule has 1 aliphatic heterocycles. The fraction of sp³-hybridized carbons (Fsp3) is 0.119. The summed E-state index contributed by atoms with van der Waals surface area (Å²) in [6.07, 6.45) is 7.42. The largest absolute Gasteiger partial charge is 0.457 e. The second-order valence-corrected chi connectivity index (χ2v) is 13.6. The van der Waals surface area contributed by atoms with Gasteiger partial charge in [0.05, 0.1) is 5.69 Å². The number of rotatable bonds is 6. The Morgan fingerprint density at radius 1 is 0.812 bits per heavy atom. The number of anilines is 3. The number of benzene rings is 3. The predicted octanol–water partition coefficient (Wildman–Crippen LogP) is 10.8. The zero-order valence-corrected chi connectivity index (χ0v) is 28.0. The number of aromatic nitrogens is 1. The number of fused-ring (bicyclic) bond motifs is 3. The number of pyridine rings is 1. The molecule has 0 bridgehead atoms. The molecule has 0 N–H and O–H groups in total. The highest BCUT2D eigenvalue weighted by atomic mass is 32.1. The maximum atomic E-state index is 9.55. The lowest BCUT2D eigenvalue weighted by molar-refractivity contribution is 0.396. The van der Waals surface area contributed by atoms with Gasteiger partial charge in [0.1, 0.15) is 35.0 Å². The van der Waals surface area contributed by atoms with Crippen LogP contribution in [0.15, 0.2) is 132 Å². The molecule has 2 aliphatic rings. The van der Waals surface area contributed by atoms with E-state index in [-0.39, 0.29) is 11.0 Å². The molecule has 0 unspecified atom stereocenters.